The van der Waals surface area contributed by atoms with Gasteiger partial charge in [0.25, 0.3) is 5.91 Å². The third-order valence-corrected chi connectivity index (χ3v) is 4.46. The monoisotopic (exact) mass is 325 g/mol. The first-order valence-electron chi connectivity index (χ1n) is 6.58. The highest BCUT2D eigenvalue weighted by atomic mass is 79.9. The van der Waals surface area contributed by atoms with Gasteiger partial charge in [-0.25, -0.2) is 0 Å². The van der Waals surface area contributed by atoms with Crippen molar-refractivity contribution in [1.82, 2.24) is 5.32 Å². The highest BCUT2D eigenvalue weighted by Crippen LogP contribution is 2.37. The molecule has 1 unspecified atom stereocenters. The maximum Gasteiger partial charge on any atom is 0.255 e. The molecular formula is C15H20BrNO2. The van der Waals surface area contributed by atoms with Crippen LogP contribution in [0.2, 0.25) is 0 Å². The van der Waals surface area contributed by atoms with Gasteiger partial charge in [-0.3, -0.25) is 4.79 Å². The lowest BCUT2D eigenvalue weighted by atomic mass is 9.87. The zero-order valence-corrected chi connectivity index (χ0v) is 13.2. The van der Waals surface area contributed by atoms with Crippen molar-refractivity contribution in [2.45, 2.75) is 39.2 Å². The molecular weight excluding hydrogens is 306 g/mol. The normalized spacial score (nSPS) is 21.2. The molecule has 1 aromatic rings. The molecule has 0 saturated heterocycles. The van der Waals surface area contributed by atoms with E-state index in [0.717, 1.165) is 17.3 Å². The second kappa shape index (κ2) is 5.53. The molecule has 1 saturated carbocycles. The van der Waals surface area contributed by atoms with E-state index in [9.17, 15) is 4.79 Å². The predicted octanol–water partition coefficient (Wildman–Crippen LogP) is 3.77. The van der Waals surface area contributed by atoms with Crippen LogP contribution in [0.5, 0.6) is 5.75 Å². The Bertz CT molecular complexity index is 485. The lowest BCUT2D eigenvalue weighted by Crippen LogP contribution is -2.41. The maximum atomic E-state index is 12.4. The van der Waals surface area contributed by atoms with Crippen molar-refractivity contribution in [2.24, 2.45) is 5.41 Å². The molecule has 0 aromatic heterocycles. The van der Waals surface area contributed by atoms with Gasteiger partial charge in [0.2, 0.25) is 0 Å². The summed E-state index contributed by atoms with van der Waals surface area (Å²) < 4.78 is 6.14. The number of halogens is 1. The van der Waals surface area contributed by atoms with E-state index in [2.05, 4.69) is 35.1 Å². The standard InChI is InChI=1S/C15H20BrNO2/c1-15(2)8-4-5-13(15)17-14(18)11-9-10(16)6-7-12(11)19-3/h6-7,9,13H,4-5,8H2,1-3H3,(H,17,18). The molecule has 0 radical (unpaired) electrons. The number of rotatable bonds is 3. The molecule has 19 heavy (non-hydrogen) atoms. The third-order valence-electron chi connectivity index (χ3n) is 3.97. The Morgan fingerprint density at radius 2 is 2.21 bits per heavy atom. The summed E-state index contributed by atoms with van der Waals surface area (Å²) in [6.45, 7) is 4.42. The van der Waals surface area contributed by atoms with Crippen molar-refractivity contribution in [3.05, 3.63) is 28.2 Å². The minimum Gasteiger partial charge on any atom is -0.496 e. The van der Waals surface area contributed by atoms with Gasteiger partial charge >= 0.3 is 0 Å². The second-order valence-corrected chi connectivity index (χ2v) is 6.67. The molecule has 0 bridgehead atoms. The number of amides is 1. The largest absolute Gasteiger partial charge is 0.496 e. The molecule has 2 rings (SSSR count). The quantitative estimate of drug-likeness (QED) is 0.918. The Labute approximate surface area is 122 Å². The van der Waals surface area contributed by atoms with Gasteiger partial charge in [-0.1, -0.05) is 36.2 Å². The van der Waals surface area contributed by atoms with Crippen LogP contribution in [0, 0.1) is 5.41 Å². The van der Waals surface area contributed by atoms with Gasteiger partial charge in [-0.2, -0.15) is 0 Å². The van der Waals surface area contributed by atoms with Crippen LogP contribution >= 0.6 is 15.9 Å². The molecule has 1 aliphatic carbocycles. The van der Waals surface area contributed by atoms with E-state index in [1.54, 1.807) is 19.2 Å². The SMILES string of the molecule is COc1ccc(Br)cc1C(=O)NC1CCCC1(C)C. The molecule has 1 amide bonds. The summed E-state index contributed by atoms with van der Waals surface area (Å²) in [5, 5.41) is 3.15. The molecule has 0 heterocycles. The summed E-state index contributed by atoms with van der Waals surface area (Å²) in [4.78, 5) is 12.4. The molecule has 4 heteroatoms. The summed E-state index contributed by atoms with van der Waals surface area (Å²) in [5.74, 6) is 0.551. The molecule has 0 spiro atoms. The van der Waals surface area contributed by atoms with E-state index in [1.165, 1.54) is 6.42 Å². The summed E-state index contributed by atoms with van der Waals surface area (Å²) in [6.07, 6.45) is 3.39. The number of hydrogen-bond acceptors (Lipinski definition) is 2. The Kier molecular flexibility index (Phi) is 4.19. The highest BCUT2D eigenvalue weighted by molar-refractivity contribution is 9.10. The molecule has 1 N–H and O–H groups in total. The van der Waals surface area contributed by atoms with Crippen LogP contribution < -0.4 is 10.1 Å². The van der Waals surface area contributed by atoms with Crippen LogP contribution in [0.25, 0.3) is 0 Å². The predicted molar refractivity (Wildman–Crippen MR) is 79.6 cm³/mol. The Hall–Kier alpha value is -1.03. The zero-order chi connectivity index (χ0) is 14.0. The third kappa shape index (κ3) is 3.11. The van der Waals surface area contributed by atoms with E-state index in [0.29, 0.717) is 11.3 Å². The number of carbonyl (C=O) groups is 1. The van der Waals surface area contributed by atoms with E-state index in [1.807, 2.05) is 6.07 Å². The summed E-state index contributed by atoms with van der Waals surface area (Å²) >= 11 is 3.39. The van der Waals surface area contributed by atoms with E-state index in [-0.39, 0.29) is 17.4 Å². The van der Waals surface area contributed by atoms with Crippen LogP contribution in [0.1, 0.15) is 43.5 Å². The van der Waals surface area contributed by atoms with Crippen LogP contribution in [0.3, 0.4) is 0 Å². The van der Waals surface area contributed by atoms with Crippen LogP contribution in [-0.4, -0.2) is 19.1 Å². The first-order valence-corrected chi connectivity index (χ1v) is 7.38. The summed E-state index contributed by atoms with van der Waals surface area (Å²) in [7, 11) is 1.58. The molecule has 104 valence electrons. The number of ether oxygens (including phenoxy) is 1. The van der Waals surface area contributed by atoms with E-state index >= 15 is 0 Å². The fourth-order valence-corrected chi connectivity index (χ4v) is 3.05. The minimum absolute atomic E-state index is 0.0573. The lowest BCUT2D eigenvalue weighted by molar-refractivity contribution is 0.0907. The number of benzene rings is 1. The second-order valence-electron chi connectivity index (χ2n) is 5.75. The van der Waals surface area contributed by atoms with Crippen LogP contribution in [0.15, 0.2) is 22.7 Å². The first-order chi connectivity index (χ1) is 8.94. The lowest BCUT2D eigenvalue weighted by Gasteiger charge is -2.28. The fourth-order valence-electron chi connectivity index (χ4n) is 2.69. The van der Waals surface area contributed by atoms with Gasteiger partial charge < -0.3 is 10.1 Å². The zero-order valence-electron chi connectivity index (χ0n) is 11.6. The average molecular weight is 326 g/mol. The Balaban J connectivity index is 2.18. The molecule has 1 aliphatic rings. The average Bonchev–Trinajstić information content (AvgIpc) is 2.68. The Morgan fingerprint density at radius 1 is 1.47 bits per heavy atom. The highest BCUT2D eigenvalue weighted by Gasteiger charge is 2.35. The van der Waals surface area contributed by atoms with Crippen LogP contribution in [0.4, 0.5) is 0 Å². The topological polar surface area (TPSA) is 38.3 Å². The van der Waals surface area contributed by atoms with Gasteiger partial charge in [0.1, 0.15) is 5.75 Å². The van der Waals surface area contributed by atoms with Gasteiger partial charge in [0.05, 0.1) is 12.7 Å². The molecule has 1 aromatic carbocycles. The van der Waals surface area contributed by atoms with Crippen molar-refractivity contribution in [3.8, 4) is 5.75 Å². The van der Waals surface area contributed by atoms with E-state index in [4.69, 9.17) is 4.74 Å². The molecule has 0 aliphatic heterocycles. The number of carbonyl (C=O) groups excluding carboxylic acids is 1. The summed E-state index contributed by atoms with van der Waals surface area (Å²) in [5.41, 5.74) is 0.758. The Morgan fingerprint density at radius 3 is 2.79 bits per heavy atom. The van der Waals surface area contributed by atoms with Crippen molar-refractivity contribution in [3.63, 3.8) is 0 Å². The van der Waals surface area contributed by atoms with Crippen LogP contribution in [-0.2, 0) is 0 Å². The van der Waals surface area contributed by atoms with Crippen molar-refractivity contribution >= 4 is 21.8 Å². The molecule has 1 atom stereocenters. The van der Waals surface area contributed by atoms with E-state index < -0.39 is 0 Å². The van der Waals surface area contributed by atoms with Crippen molar-refractivity contribution < 1.29 is 9.53 Å². The minimum atomic E-state index is -0.0573. The smallest absolute Gasteiger partial charge is 0.255 e. The van der Waals surface area contributed by atoms with Gasteiger partial charge in [0.15, 0.2) is 0 Å². The number of hydrogen-bond donors (Lipinski definition) is 1. The number of methoxy groups -OCH3 is 1. The maximum absolute atomic E-state index is 12.4. The van der Waals surface area contributed by atoms with Gasteiger partial charge in [-0.15, -0.1) is 0 Å². The first kappa shape index (κ1) is 14.4. The van der Waals surface area contributed by atoms with Crippen molar-refractivity contribution in [1.29, 1.82) is 0 Å². The molecule has 1 fully saturated rings. The summed E-state index contributed by atoms with van der Waals surface area (Å²) in [6, 6.07) is 5.72. The van der Waals surface area contributed by atoms with Crippen molar-refractivity contribution in [2.75, 3.05) is 7.11 Å². The molecule has 3 nitrogen and oxygen atoms in total. The fraction of sp³-hybridized carbons (Fsp3) is 0.533. The van der Waals surface area contributed by atoms with Gasteiger partial charge in [0, 0.05) is 10.5 Å². The number of nitrogens with one attached hydrogen (secondary N) is 1. The van der Waals surface area contributed by atoms with Gasteiger partial charge in [-0.05, 0) is 36.5 Å².